The highest BCUT2D eigenvalue weighted by atomic mass is 32.2. The van der Waals surface area contributed by atoms with Crippen molar-refractivity contribution in [3.8, 4) is 11.5 Å². The van der Waals surface area contributed by atoms with Crippen LogP contribution in [0.1, 0.15) is 62.1 Å². The molecule has 3 aromatic rings. The van der Waals surface area contributed by atoms with Crippen molar-refractivity contribution in [2.45, 2.75) is 81.6 Å². The topological polar surface area (TPSA) is 107 Å². The van der Waals surface area contributed by atoms with E-state index in [2.05, 4.69) is 11.0 Å². The Morgan fingerprint density at radius 3 is 2.36 bits per heavy atom. The molecule has 0 bridgehead atoms. The molecule has 274 valence electrons. The van der Waals surface area contributed by atoms with Crippen LogP contribution in [0.2, 0.25) is 0 Å². The van der Waals surface area contributed by atoms with Crippen molar-refractivity contribution in [1.82, 2.24) is 4.31 Å². The van der Waals surface area contributed by atoms with Crippen LogP contribution in [0.25, 0.3) is 0 Å². The van der Waals surface area contributed by atoms with Crippen LogP contribution in [0.4, 0.5) is 5.69 Å². The Morgan fingerprint density at radius 2 is 1.66 bits per heavy atom. The van der Waals surface area contributed by atoms with Crippen LogP contribution in [0.5, 0.6) is 11.5 Å². The molecule has 1 saturated heterocycles. The van der Waals surface area contributed by atoms with Crippen molar-refractivity contribution in [1.29, 1.82) is 0 Å². The van der Waals surface area contributed by atoms with E-state index in [1.165, 1.54) is 0 Å². The number of sulfonamides is 1. The van der Waals surface area contributed by atoms with Crippen LogP contribution in [-0.4, -0.2) is 95.9 Å². The molecule has 0 unspecified atom stereocenters. The Labute approximate surface area is 298 Å². The van der Waals surface area contributed by atoms with E-state index in [-0.39, 0.29) is 23.8 Å². The average Bonchev–Trinajstić information content (AvgIpc) is 3.09. The second kappa shape index (κ2) is 17.4. The van der Waals surface area contributed by atoms with Crippen LogP contribution >= 0.6 is 0 Å². The van der Waals surface area contributed by atoms with E-state index in [0.717, 1.165) is 59.8 Å². The van der Waals surface area contributed by atoms with E-state index in [4.69, 9.17) is 23.7 Å². The highest BCUT2D eigenvalue weighted by molar-refractivity contribution is 7.89. The van der Waals surface area contributed by atoms with E-state index in [1.807, 2.05) is 55.5 Å². The molecule has 2 aliphatic heterocycles. The summed E-state index contributed by atoms with van der Waals surface area (Å²) in [7, 11) is -0.504. The van der Waals surface area contributed by atoms with E-state index in [9.17, 15) is 13.5 Å². The standard InChI is InChI=1S/C39H54N2O8S/c1-29-8-15-34(16-9-29)50(43,44)41-27-38(49-28-30-10-17-37-36(24-30)40(19-23-48-37)18-6-20-45-4)35(25-32(41)26-39(2,3)42)31-11-13-33(14-12-31)47-22-7-21-46-5/h8-17,24,32,35,38,42H,6-7,18-23,25-28H2,1-5H3/t32-,35-,38+/m1/s1. The number of methoxy groups -OCH3 is 2. The van der Waals surface area contributed by atoms with Gasteiger partial charge >= 0.3 is 0 Å². The first-order chi connectivity index (χ1) is 24.0. The molecular formula is C39H54N2O8S. The summed E-state index contributed by atoms with van der Waals surface area (Å²) >= 11 is 0. The maximum Gasteiger partial charge on any atom is 0.243 e. The minimum absolute atomic E-state index is 0.124. The van der Waals surface area contributed by atoms with E-state index < -0.39 is 27.8 Å². The fourth-order valence-corrected chi connectivity index (χ4v) is 8.53. The third-order valence-electron chi connectivity index (χ3n) is 9.40. The molecule has 1 N–H and O–H groups in total. The Kier molecular flexibility index (Phi) is 13.2. The van der Waals surface area contributed by atoms with Crippen molar-refractivity contribution < 1.29 is 37.2 Å². The van der Waals surface area contributed by atoms with Gasteiger partial charge in [0, 0.05) is 58.9 Å². The molecule has 0 aromatic heterocycles. The predicted octanol–water partition coefficient (Wildman–Crippen LogP) is 5.94. The molecule has 0 spiro atoms. The number of nitrogens with zero attached hydrogens (tertiary/aromatic N) is 2. The molecule has 3 atom stereocenters. The van der Waals surface area contributed by atoms with Gasteiger partial charge in [-0.1, -0.05) is 35.9 Å². The summed E-state index contributed by atoms with van der Waals surface area (Å²) in [6.45, 7) is 10.0. The lowest BCUT2D eigenvalue weighted by Gasteiger charge is -2.45. The lowest BCUT2D eigenvalue weighted by molar-refractivity contribution is -0.0345. The SMILES string of the molecule is COCCCOc1ccc([C@H]2C[C@H](CC(C)(C)O)N(S(=O)(=O)c3ccc(C)cc3)C[C@@H]2OCc2ccc3c(c2)N(CCCOC)CCO3)cc1. The molecule has 0 amide bonds. The van der Waals surface area contributed by atoms with E-state index in [1.54, 1.807) is 44.5 Å². The zero-order valence-electron chi connectivity index (χ0n) is 30.2. The zero-order valence-corrected chi connectivity index (χ0v) is 31.0. The van der Waals surface area contributed by atoms with Crippen molar-refractivity contribution >= 4 is 15.7 Å². The Morgan fingerprint density at radius 1 is 0.940 bits per heavy atom. The predicted molar refractivity (Wildman–Crippen MR) is 195 cm³/mol. The number of hydrogen-bond donors (Lipinski definition) is 1. The number of rotatable bonds is 17. The second-order valence-electron chi connectivity index (χ2n) is 14.0. The molecule has 5 rings (SSSR count). The smallest absolute Gasteiger partial charge is 0.243 e. The fourth-order valence-electron chi connectivity index (χ4n) is 6.89. The Bertz CT molecular complexity index is 1610. The highest BCUT2D eigenvalue weighted by Gasteiger charge is 2.44. The van der Waals surface area contributed by atoms with Crippen LogP contribution in [0, 0.1) is 6.92 Å². The first-order valence-corrected chi connectivity index (χ1v) is 19.1. The Hall–Kier alpha value is -3.19. The number of benzene rings is 3. The summed E-state index contributed by atoms with van der Waals surface area (Å²) in [6.07, 6.45) is 2.02. The summed E-state index contributed by atoms with van der Waals surface area (Å²) in [5, 5.41) is 11.0. The van der Waals surface area contributed by atoms with Gasteiger partial charge in [0.25, 0.3) is 0 Å². The first-order valence-electron chi connectivity index (χ1n) is 17.6. The quantitative estimate of drug-likeness (QED) is 0.171. The van der Waals surface area contributed by atoms with Gasteiger partial charge in [-0.15, -0.1) is 0 Å². The van der Waals surface area contributed by atoms with Gasteiger partial charge in [-0.2, -0.15) is 4.31 Å². The van der Waals surface area contributed by atoms with Crippen LogP contribution in [-0.2, 0) is 30.8 Å². The molecule has 0 radical (unpaired) electrons. The summed E-state index contributed by atoms with van der Waals surface area (Å²) in [5.74, 6) is 1.49. The number of piperidine rings is 1. The molecule has 1 fully saturated rings. The average molecular weight is 711 g/mol. The van der Waals surface area contributed by atoms with E-state index in [0.29, 0.717) is 39.5 Å². The monoisotopic (exact) mass is 710 g/mol. The van der Waals surface area contributed by atoms with Gasteiger partial charge < -0.3 is 33.7 Å². The molecule has 10 nitrogen and oxygen atoms in total. The molecule has 11 heteroatoms. The van der Waals surface area contributed by atoms with Crippen molar-refractivity contribution in [2.75, 3.05) is 65.2 Å². The third kappa shape index (κ3) is 9.98. The molecular weight excluding hydrogens is 657 g/mol. The summed E-state index contributed by atoms with van der Waals surface area (Å²) in [4.78, 5) is 2.56. The Balaban J connectivity index is 1.44. The summed E-state index contributed by atoms with van der Waals surface area (Å²) in [6, 6.07) is 20.6. The number of hydrogen-bond acceptors (Lipinski definition) is 9. The number of ether oxygens (including phenoxy) is 5. The minimum atomic E-state index is -3.90. The maximum atomic E-state index is 14.3. The van der Waals surface area contributed by atoms with Crippen LogP contribution in [0.3, 0.4) is 0 Å². The molecule has 3 aromatic carbocycles. The zero-order chi connectivity index (χ0) is 35.7. The van der Waals surface area contributed by atoms with Crippen molar-refractivity contribution in [3.05, 3.63) is 83.4 Å². The maximum absolute atomic E-state index is 14.3. The molecule has 2 aliphatic rings. The lowest BCUT2D eigenvalue weighted by Crippen LogP contribution is -2.54. The van der Waals surface area contributed by atoms with Crippen molar-refractivity contribution in [3.63, 3.8) is 0 Å². The van der Waals surface area contributed by atoms with Crippen LogP contribution < -0.4 is 14.4 Å². The summed E-state index contributed by atoms with van der Waals surface area (Å²) < 4.78 is 59.2. The van der Waals surface area contributed by atoms with Gasteiger partial charge in [-0.05, 0) is 87.6 Å². The first kappa shape index (κ1) is 38.1. The third-order valence-corrected chi connectivity index (χ3v) is 11.3. The van der Waals surface area contributed by atoms with Crippen molar-refractivity contribution in [2.24, 2.45) is 0 Å². The lowest BCUT2D eigenvalue weighted by atomic mass is 9.81. The molecule has 0 aliphatic carbocycles. The van der Waals surface area contributed by atoms with Gasteiger partial charge in [0.2, 0.25) is 10.0 Å². The number of aryl methyl sites for hydroxylation is 1. The van der Waals surface area contributed by atoms with Crippen LogP contribution in [0.15, 0.2) is 71.6 Å². The normalized spacial score (nSPS) is 20.0. The van der Waals surface area contributed by atoms with Gasteiger partial charge in [0.05, 0.1) is 42.0 Å². The van der Waals surface area contributed by atoms with Gasteiger partial charge in [-0.25, -0.2) is 8.42 Å². The fraction of sp³-hybridized carbons (Fsp3) is 0.538. The number of anilines is 1. The number of aliphatic hydroxyl groups is 1. The highest BCUT2D eigenvalue weighted by Crippen LogP contribution is 2.40. The number of fused-ring (bicyclic) bond motifs is 1. The van der Waals surface area contributed by atoms with Gasteiger partial charge in [0.1, 0.15) is 18.1 Å². The summed E-state index contributed by atoms with van der Waals surface area (Å²) in [5.41, 5.74) is 2.95. The van der Waals surface area contributed by atoms with Gasteiger partial charge in [0.15, 0.2) is 0 Å². The molecule has 0 saturated carbocycles. The van der Waals surface area contributed by atoms with E-state index >= 15 is 0 Å². The molecule has 2 heterocycles. The largest absolute Gasteiger partial charge is 0.494 e. The minimum Gasteiger partial charge on any atom is -0.494 e. The molecule has 50 heavy (non-hydrogen) atoms. The van der Waals surface area contributed by atoms with Gasteiger partial charge in [-0.3, -0.25) is 0 Å². The second-order valence-corrected chi connectivity index (χ2v) is 15.9.